The van der Waals surface area contributed by atoms with Crippen LogP contribution in [0.25, 0.3) is 0 Å². The van der Waals surface area contributed by atoms with Gasteiger partial charge in [0.25, 0.3) is 21.8 Å². The molecule has 1 saturated heterocycles. The topological polar surface area (TPSA) is 102 Å². The first kappa shape index (κ1) is 21.2. The maximum Gasteiger partial charge on any atom is 0.264 e. The maximum absolute atomic E-state index is 12.7. The molecule has 0 amide bonds. The van der Waals surface area contributed by atoms with Crippen molar-refractivity contribution >= 4 is 50.6 Å². The first-order chi connectivity index (χ1) is 13.3. The summed E-state index contributed by atoms with van der Waals surface area (Å²) < 4.78 is 38.4. The summed E-state index contributed by atoms with van der Waals surface area (Å²) in [6, 6.07) is 4.45. The Hall–Kier alpha value is -1.52. The van der Waals surface area contributed by atoms with Gasteiger partial charge in [0.1, 0.15) is 11.5 Å². The Morgan fingerprint density at radius 1 is 1.25 bits per heavy atom. The number of ether oxygens (including phenoxy) is 2. The van der Waals surface area contributed by atoms with Gasteiger partial charge in [-0.15, -0.1) is 0 Å². The summed E-state index contributed by atoms with van der Waals surface area (Å²) in [6.45, 7) is 1.30. The number of anilines is 1. The largest absolute Gasteiger partial charge is 0.478 e. The van der Waals surface area contributed by atoms with Crippen LogP contribution in [0.4, 0.5) is 5.82 Å². The number of methoxy groups -OCH3 is 1. The molecule has 3 rings (SSSR count). The standard InChI is InChI=1S/C16H17Cl3N4O4S/c1-26-16-14(23-28(24,25)11-6-2-5-10(17)12(11)18)21-13(19)15(22-16)27-8-9-4-3-7-20-9/h2,5-6,9,20H,3-4,7-8H2,1H3,(H,21,23). The van der Waals surface area contributed by atoms with E-state index in [1.54, 1.807) is 0 Å². The van der Waals surface area contributed by atoms with Crippen molar-refractivity contribution in [3.63, 3.8) is 0 Å². The van der Waals surface area contributed by atoms with Crippen molar-refractivity contribution in [2.75, 3.05) is 25.0 Å². The summed E-state index contributed by atoms with van der Waals surface area (Å²) in [5.74, 6) is -0.244. The van der Waals surface area contributed by atoms with Gasteiger partial charge in [-0.05, 0) is 31.5 Å². The van der Waals surface area contributed by atoms with Gasteiger partial charge in [-0.3, -0.25) is 4.72 Å². The highest BCUT2D eigenvalue weighted by atomic mass is 35.5. The van der Waals surface area contributed by atoms with E-state index in [0.29, 0.717) is 6.61 Å². The predicted molar refractivity (Wildman–Crippen MR) is 107 cm³/mol. The minimum Gasteiger partial charge on any atom is -0.478 e. The van der Waals surface area contributed by atoms with E-state index in [-0.39, 0.29) is 43.7 Å². The second kappa shape index (κ2) is 8.87. The molecule has 2 N–H and O–H groups in total. The number of aromatic nitrogens is 2. The van der Waals surface area contributed by atoms with E-state index in [1.165, 1.54) is 25.3 Å². The van der Waals surface area contributed by atoms with Gasteiger partial charge in [0, 0.05) is 6.04 Å². The van der Waals surface area contributed by atoms with Gasteiger partial charge in [-0.25, -0.2) is 13.4 Å². The molecule has 1 fully saturated rings. The van der Waals surface area contributed by atoms with E-state index in [4.69, 9.17) is 44.3 Å². The van der Waals surface area contributed by atoms with E-state index in [1.807, 2.05) is 0 Å². The van der Waals surface area contributed by atoms with Crippen LogP contribution in [-0.2, 0) is 10.0 Å². The molecule has 28 heavy (non-hydrogen) atoms. The minimum absolute atomic E-state index is 0.0518. The molecule has 1 atom stereocenters. The van der Waals surface area contributed by atoms with E-state index in [9.17, 15) is 8.42 Å². The lowest BCUT2D eigenvalue weighted by Gasteiger charge is -2.15. The summed E-state index contributed by atoms with van der Waals surface area (Å²) in [4.78, 5) is 7.92. The zero-order valence-electron chi connectivity index (χ0n) is 14.7. The average molecular weight is 468 g/mol. The lowest BCUT2D eigenvalue weighted by Crippen LogP contribution is -2.28. The highest BCUT2D eigenvalue weighted by molar-refractivity contribution is 7.92. The van der Waals surface area contributed by atoms with Crippen molar-refractivity contribution in [3.8, 4) is 11.8 Å². The zero-order chi connectivity index (χ0) is 20.3. The molecule has 0 bridgehead atoms. The number of sulfonamides is 1. The number of hydrogen-bond acceptors (Lipinski definition) is 7. The molecule has 0 saturated carbocycles. The van der Waals surface area contributed by atoms with Crippen molar-refractivity contribution in [2.45, 2.75) is 23.8 Å². The molecule has 1 aliphatic rings. The van der Waals surface area contributed by atoms with E-state index >= 15 is 0 Å². The summed E-state index contributed by atoms with van der Waals surface area (Å²) in [5, 5.41) is 3.17. The van der Waals surface area contributed by atoms with Crippen LogP contribution in [0.2, 0.25) is 15.2 Å². The summed E-state index contributed by atoms with van der Waals surface area (Å²) >= 11 is 18.0. The molecule has 1 aliphatic heterocycles. The lowest BCUT2D eigenvalue weighted by molar-refractivity contribution is 0.262. The lowest BCUT2D eigenvalue weighted by atomic mass is 10.2. The SMILES string of the molecule is COc1nc(OCC2CCCN2)c(Cl)nc1NS(=O)(=O)c1cccc(Cl)c1Cl. The third kappa shape index (κ3) is 4.72. The van der Waals surface area contributed by atoms with E-state index in [2.05, 4.69) is 20.0 Å². The van der Waals surface area contributed by atoms with Gasteiger partial charge < -0.3 is 14.8 Å². The molecule has 0 spiro atoms. The predicted octanol–water partition coefficient (Wildman–Crippen LogP) is 3.38. The van der Waals surface area contributed by atoms with Crippen LogP contribution in [0.3, 0.4) is 0 Å². The quantitative estimate of drug-likeness (QED) is 0.643. The molecule has 152 valence electrons. The van der Waals surface area contributed by atoms with Crippen LogP contribution in [0, 0.1) is 0 Å². The average Bonchev–Trinajstić information content (AvgIpc) is 3.16. The summed E-state index contributed by atoms with van der Waals surface area (Å²) in [6.07, 6.45) is 2.06. The number of nitrogens with one attached hydrogen (secondary N) is 2. The van der Waals surface area contributed by atoms with Gasteiger partial charge in [0.2, 0.25) is 5.82 Å². The van der Waals surface area contributed by atoms with Crippen molar-refractivity contribution in [3.05, 3.63) is 33.4 Å². The smallest absolute Gasteiger partial charge is 0.264 e. The Bertz CT molecular complexity index is 969. The minimum atomic E-state index is -4.11. The first-order valence-corrected chi connectivity index (χ1v) is 10.9. The van der Waals surface area contributed by atoms with Gasteiger partial charge in [-0.2, -0.15) is 4.98 Å². The molecule has 8 nitrogen and oxygen atoms in total. The molecule has 1 aromatic carbocycles. The Balaban J connectivity index is 1.85. The van der Waals surface area contributed by atoms with E-state index < -0.39 is 10.0 Å². The molecule has 0 radical (unpaired) electrons. The van der Waals surface area contributed by atoms with Crippen LogP contribution in [0.5, 0.6) is 11.8 Å². The fourth-order valence-electron chi connectivity index (χ4n) is 2.64. The monoisotopic (exact) mass is 466 g/mol. The summed E-state index contributed by atoms with van der Waals surface area (Å²) in [7, 11) is -2.79. The van der Waals surface area contributed by atoms with Gasteiger partial charge in [0.15, 0.2) is 5.15 Å². The molecular formula is C16H17Cl3N4O4S. The van der Waals surface area contributed by atoms with Crippen LogP contribution >= 0.6 is 34.8 Å². The summed E-state index contributed by atoms with van der Waals surface area (Å²) in [5.41, 5.74) is 0. The molecule has 0 aliphatic carbocycles. The fraction of sp³-hybridized carbons (Fsp3) is 0.375. The number of hydrogen-bond donors (Lipinski definition) is 2. The van der Waals surface area contributed by atoms with Gasteiger partial charge in [0.05, 0.1) is 17.2 Å². The first-order valence-electron chi connectivity index (χ1n) is 8.26. The van der Waals surface area contributed by atoms with Gasteiger partial charge in [-0.1, -0.05) is 40.9 Å². The second-order valence-electron chi connectivity index (χ2n) is 5.94. The number of nitrogens with zero attached hydrogens (tertiary/aromatic N) is 2. The molecule has 2 heterocycles. The Kier molecular flexibility index (Phi) is 6.72. The fourth-order valence-corrected chi connectivity index (χ4v) is 4.58. The third-order valence-corrected chi connectivity index (χ3v) is 6.56. The van der Waals surface area contributed by atoms with Crippen LogP contribution < -0.4 is 19.5 Å². The Labute approximate surface area is 177 Å². The maximum atomic E-state index is 12.7. The van der Waals surface area contributed by atoms with Crippen molar-refractivity contribution in [1.29, 1.82) is 0 Å². The molecule has 2 aromatic rings. The van der Waals surface area contributed by atoms with Crippen molar-refractivity contribution < 1.29 is 17.9 Å². The number of halogens is 3. The van der Waals surface area contributed by atoms with Gasteiger partial charge >= 0.3 is 0 Å². The Morgan fingerprint density at radius 2 is 2.04 bits per heavy atom. The van der Waals surface area contributed by atoms with Crippen molar-refractivity contribution in [2.24, 2.45) is 0 Å². The zero-order valence-corrected chi connectivity index (χ0v) is 17.8. The van der Waals surface area contributed by atoms with Crippen LogP contribution in [-0.4, -0.2) is 44.7 Å². The highest BCUT2D eigenvalue weighted by Gasteiger charge is 2.24. The van der Waals surface area contributed by atoms with Crippen molar-refractivity contribution in [1.82, 2.24) is 15.3 Å². The molecule has 1 aromatic heterocycles. The van der Waals surface area contributed by atoms with E-state index in [0.717, 1.165) is 19.4 Å². The Morgan fingerprint density at radius 3 is 2.71 bits per heavy atom. The molecular weight excluding hydrogens is 451 g/mol. The number of rotatable bonds is 7. The normalized spacial score (nSPS) is 16.8. The number of benzene rings is 1. The second-order valence-corrected chi connectivity index (χ2v) is 8.73. The third-order valence-electron chi connectivity index (χ3n) is 4.01. The van der Waals surface area contributed by atoms with Crippen LogP contribution in [0.15, 0.2) is 23.1 Å². The molecule has 12 heteroatoms. The highest BCUT2D eigenvalue weighted by Crippen LogP contribution is 2.33. The van der Waals surface area contributed by atoms with Crippen LogP contribution in [0.1, 0.15) is 12.8 Å². The molecule has 1 unspecified atom stereocenters.